The van der Waals surface area contributed by atoms with Gasteiger partial charge in [0.2, 0.25) is 0 Å². The van der Waals surface area contributed by atoms with E-state index in [1.165, 1.54) is 10.5 Å². The van der Waals surface area contributed by atoms with Gasteiger partial charge < -0.3 is 0 Å². The van der Waals surface area contributed by atoms with Crippen LogP contribution < -0.4 is 0 Å². The van der Waals surface area contributed by atoms with Gasteiger partial charge >= 0.3 is 10.2 Å². The Hall–Kier alpha value is -0.420. The minimum Gasteiger partial charge on any atom is -0.187 e. The van der Waals surface area contributed by atoms with E-state index >= 15 is 0 Å². The standard InChI is InChI=1S/C13H28N2O2S/c1-11(2,3)10-14-18(16,17)15(12(4,5)6)13(7,8)9/h10H,1-9H3. The van der Waals surface area contributed by atoms with E-state index < -0.39 is 21.3 Å². The monoisotopic (exact) mass is 276 g/mol. The highest BCUT2D eigenvalue weighted by Gasteiger charge is 2.40. The minimum atomic E-state index is -3.67. The molecule has 0 aliphatic carbocycles. The number of hydrogen-bond donors (Lipinski definition) is 0. The van der Waals surface area contributed by atoms with Gasteiger partial charge in [0.05, 0.1) is 0 Å². The molecule has 0 amide bonds. The Kier molecular flexibility index (Phi) is 4.81. The second kappa shape index (κ2) is 4.93. The Bertz CT molecular complexity index is 390. The Morgan fingerprint density at radius 2 is 1.17 bits per heavy atom. The van der Waals surface area contributed by atoms with Crippen LogP contribution >= 0.6 is 0 Å². The Balaban J connectivity index is 5.61. The zero-order valence-electron chi connectivity index (χ0n) is 13.2. The van der Waals surface area contributed by atoms with Crippen LogP contribution in [0.1, 0.15) is 62.3 Å². The van der Waals surface area contributed by atoms with Gasteiger partial charge in [-0.25, -0.2) is 0 Å². The molecule has 0 heterocycles. The summed E-state index contributed by atoms with van der Waals surface area (Å²) in [6, 6.07) is 0. The molecular weight excluding hydrogens is 248 g/mol. The number of nitrogens with zero attached hydrogens (tertiary/aromatic N) is 2. The predicted octanol–water partition coefficient (Wildman–Crippen LogP) is 3.25. The van der Waals surface area contributed by atoms with Crippen molar-refractivity contribution < 1.29 is 8.42 Å². The van der Waals surface area contributed by atoms with Crippen molar-refractivity contribution in [3.05, 3.63) is 0 Å². The van der Waals surface area contributed by atoms with E-state index in [1.807, 2.05) is 62.3 Å². The lowest BCUT2D eigenvalue weighted by molar-refractivity contribution is 0.140. The summed E-state index contributed by atoms with van der Waals surface area (Å²) in [6.07, 6.45) is 1.49. The predicted molar refractivity (Wildman–Crippen MR) is 78.2 cm³/mol. The molecule has 0 aliphatic heterocycles. The second-order valence-electron chi connectivity index (χ2n) is 7.68. The lowest BCUT2D eigenvalue weighted by Crippen LogP contribution is -2.54. The molecule has 0 aromatic carbocycles. The molecule has 0 fully saturated rings. The van der Waals surface area contributed by atoms with E-state index in [9.17, 15) is 8.42 Å². The minimum absolute atomic E-state index is 0.255. The highest BCUT2D eigenvalue weighted by atomic mass is 32.2. The van der Waals surface area contributed by atoms with Gasteiger partial charge in [-0.1, -0.05) is 20.8 Å². The van der Waals surface area contributed by atoms with Crippen LogP contribution in [0.3, 0.4) is 0 Å². The molecule has 0 bridgehead atoms. The Morgan fingerprint density at radius 1 is 0.833 bits per heavy atom. The fourth-order valence-corrected chi connectivity index (χ4v) is 3.90. The van der Waals surface area contributed by atoms with Crippen molar-refractivity contribution in [3.8, 4) is 0 Å². The van der Waals surface area contributed by atoms with E-state index in [0.29, 0.717) is 0 Å². The molecule has 5 heteroatoms. The first-order chi connectivity index (χ1) is 7.57. The molecular formula is C13H28N2O2S. The van der Waals surface area contributed by atoms with E-state index in [0.717, 1.165) is 0 Å². The summed E-state index contributed by atoms with van der Waals surface area (Å²) in [7, 11) is -3.67. The molecule has 0 saturated heterocycles. The van der Waals surface area contributed by atoms with Crippen LogP contribution in [0, 0.1) is 5.41 Å². The molecule has 0 aromatic heterocycles. The highest BCUT2D eigenvalue weighted by molar-refractivity contribution is 7.88. The van der Waals surface area contributed by atoms with Gasteiger partial charge in [0, 0.05) is 17.3 Å². The third-order valence-corrected chi connectivity index (χ3v) is 3.95. The molecule has 18 heavy (non-hydrogen) atoms. The van der Waals surface area contributed by atoms with Crippen molar-refractivity contribution in [1.82, 2.24) is 4.31 Å². The summed E-state index contributed by atoms with van der Waals surface area (Å²) in [4.78, 5) is 0. The van der Waals surface area contributed by atoms with Crippen LogP contribution in [0.15, 0.2) is 4.40 Å². The molecule has 0 unspecified atom stereocenters. The summed E-state index contributed by atoms with van der Waals surface area (Å²) in [5.74, 6) is 0. The average Bonchev–Trinajstić information content (AvgIpc) is 1.92. The van der Waals surface area contributed by atoms with Gasteiger partial charge in [0.25, 0.3) is 0 Å². The van der Waals surface area contributed by atoms with Gasteiger partial charge in [0.1, 0.15) is 0 Å². The Labute approximate surface area is 113 Å². The molecule has 108 valence electrons. The lowest BCUT2D eigenvalue weighted by Gasteiger charge is -2.42. The van der Waals surface area contributed by atoms with E-state index in [1.54, 1.807) is 0 Å². The summed E-state index contributed by atoms with van der Waals surface area (Å²) in [5.41, 5.74) is -1.27. The van der Waals surface area contributed by atoms with Crippen molar-refractivity contribution in [2.24, 2.45) is 9.81 Å². The van der Waals surface area contributed by atoms with Crippen LogP contribution in [-0.2, 0) is 10.2 Å². The SMILES string of the molecule is CC(C)(C)C=NS(=O)(=O)N(C(C)(C)C)C(C)(C)C. The zero-order valence-corrected chi connectivity index (χ0v) is 14.0. The quantitative estimate of drug-likeness (QED) is 0.727. The first-order valence-corrected chi connectivity index (χ1v) is 7.59. The Morgan fingerprint density at radius 3 is 1.39 bits per heavy atom. The summed E-state index contributed by atoms with van der Waals surface area (Å²) in [6.45, 7) is 17.0. The molecule has 0 radical (unpaired) electrons. The van der Waals surface area contributed by atoms with Gasteiger partial charge in [0.15, 0.2) is 0 Å². The number of rotatable bonds is 2. The molecule has 0 saturated carbocycles. The maximum absolute atomic E-state index is 12.4. The van der Waals surface area contributed by atoms with E-state index in [-0.39, 0.29) is 5.41 Å². The fourth-order valence-electron chi connectivity index (χ4n) is 1.97. The van der Waals surface area contributed by atoms with Crippen LogP contribution in [0.4, 0.5) is 0 Å². The van der Waals surface area contributed by atoms with Gasteiger partial charge in [-0.05, 0) is 47.0 Å². The third-order valence-electron chi connectivity index (χ3n) is 2.02. The molecule has 0 aliphatic rings. The van der Waals surface area contributed by atoms with E-state index in [4.69, 9.17) is 0 Å². The van der Waals surface area contributed by atoms with Crippen molar-refractivity contribution in [1.29, 1.82) is 0 Å². The van der Waals surface area contributed by atoms with Crippen molar-refractivity contribution in [3.63, 3.8) is 0 Å². The fraction of sp³-hybridized carbons (Fsp3) is 0.923. The van der Waals surface area contributed by atoms with Gasteiger partial charge in [-0.3, -0.25) is 0 Å². The molecule has 0 spiro atoms. The summed E-state index contributed by atoms with van der Waals surface area (Å²) < 4.78 is 30.1. The lowest BCUT2D eigenvalue weighted by atomic mass is 10.00. The van der Waals surface area contributed by atoms with Crippen LogP contribution in [0.5, 0.6) is 0 Å². The largest absolute Gasteiger partial charge is 0.322 e. The summed E-state index contributed by atoms with van der Waals surface area (Å²) >= 11 is 0. The van der Waals surface area contributed by atoms with Crippen molar-refractivity contribution in [2.45, 2.75) is 73.4 Å². The molecule has 0 N–H and O–H groups in total. The third kappa shape index (κ3) is 5.48. The number of hydrogen-bond acceptors (Lipinski definition) is 2. The topological polar surface area (TPSA) is 49.7 Å². The van der Waals surface area contributed by atoms with Crippen molar-refractivity contribution in [2.75, 3.05) is 0 Å². The maximum Gasteiger partial charge on any atom is 0.322 e. The molecule has 4 nitrogen and oxygen atoms in total. The summed E-state index contributed by atoms with van der Waals surface area (Å²) in [5, 5.41) is 0. The molecule has 0 atom stereocenters. The second-order valence-corrected chi connectivity index (χ2v) is 9.16. The van der Waals surface area contributed by atoms with Gasteiger partial charge in [-0.15, -0.1) is 0 Å². The normalized spacial score (nSPS) is 15.7. The van der Waals surface area contributed by atoms with Gasteiger partial charge in [-0.2, -0.15) is 17.1 Å². The first kappa shape index (κ1) is 17.6. The maximum atomic E-state index is 12.4. The zero-order chi connectivity index (χ0) is 15.0. The van der Waals surface area contributed by atoms with Crippen LogP contribution in [0.25, 0.3) is 0 Å². The molecule has 0 rings (SSSR count). The smallest absolute Gasteiger partial charge is 0.187 e. The molecule has 0 aromatic rings. The van der Waals surface area contributed by atoms with E-state index in [2.05, 4.69) is 4.40 Å². The highest BCUT2D eigenvalue weighted by Crippen LogP contribution is 2.29. The van der Waals surface area contributed by atoms with Crippen molar-refractivity contribution >= 4 is 16.4 Å². The average molecular weight is 276 g/mol. The first-order valence-electron chi connectivity index (χ1n) is 6.19. The van der Waals surface area contributed by atoms with Crippen LogP contribution in [0.2, 0.25) is 0 Å². The van der Waals surface area contributed by atoms with Crippen LogP contribution in [-0.4, -0.2) is 30.0 Å².